The van der Waals surface area contributed by atoms with Gasteiger partial charge in [0, 0.05) is 19.6 Å². The van der Waals surface area contributed by atoms with Crippen molar-refractivity contribution in [2.45, 2.75) is 142 Å². The number of ether oxygens (including phenoxy) is 2. The second kappa shape index (κ2) is 28.8. The predicted molar refractivity (Wildman–Crippen MR) is 160 cm³/mol. The summed E-state index contributed by atoms with van der Waals surface area (Å²) in [6, 6.07) is 0. The molecule has 0 saturated heterocycles. The van der Waals surface area contributed by atoms with Crippen LogP contribution in [0.2, 0.25) is 0 Å². The molecule has 0 radical (unpaired) electrons. The molecular weight excluding hydrogens is 517 g/mol. The molecule has 0 aliphatic rings. The Morgan fingerprint density at radius 2 is 1.28 bits per heavy atom. The van der Waals surface area contributed by atoms with Gasteiger partial charge in [0.25, 0.3) is 0 Å². The average molecular weight is 578 g/mol. The summed E-state index contributed by atoms with van der Waals surface area (Å²) in [5.74, 6) is -0.343. The molecule has 0 saturated carbocycles. The van der Waals surface area contributed by atoms with E-state index in [9.17, 15) is 14.3 Å². The van der Waals surface area contributed by atoms with Gasteiger partial charge in [-0.1, -0.05) is 103 Å². The maximum Gasteiger partial charge on any atom is 0.472 e. The van der Waals surface area contributed by atoms with E-state index in [0.717, 1.165) is 44.9 Å². The second-order valence-corrected chi connectivity index (χ2v) is 11.8. The normalized spacial score (nSPS) is 14.1. The second-order valence-electron chi connectivity index (χ2n) is 10.3. The van der Waals surface area contributed by atoms with Crippen molar-refractivity contribution in [3.05, 3.63) is 12.2 Å². The summed E-state index contributed by atoms with van der Waals surface area (Å²) in [5, 5.41) is 0. The van der Waals surface area contributed by atoms with Gasteiger partial charge in [0.2, 0.25) is 0 Å². The Balaban J connectivity index is 4.18. The minimum absolute atomic E-state index is 0.0948. The van der Waals surface area contributed by atoms with Crippen LogP contribution >= 0.6 is 7.82 Å². The highest BCUT2D eigenvalue weighted by Crippen LogP contribution is 2.43. The Morgan fingerprint density at radius 1 is 0.744 bits per heavy atom. The molecular formula is C30H60NO7P. The third kappa shape index (κ3) is 28.6. The fourth-order valence-electron chi connectivity index (χ4n) is 4.11. The van der Waals surface area contributed by atoms with Gasteiger partial charge in [-0.2, -0.15) is 0 Å². The molecule has 0 amide bonds. The molecule has 9 heteroatoms. The monoisotopic (exact) mass is 577 g/mol. The Labute approximate surface area is 239 Å². The van der Waals surface area contributed by atoms with E-state index in [0.29, 0.717) is 13.0 Å². The maximum atomic E-state index is 12.4. The van der Waals surface area contributed by atoms with Gasteiger partial charge in [-0.25, -0.2) is 4.57 Å². The molecule has 0 aromatic heterocycles. The van der Waals surface area contributed by atoms with E-state index in [1.807, 2.05) is 0 Å². The summed E-state index contributed by atoms with van der Waals surface area (Å²) < 4.78 is 33.0. The molecule has 0 spiro atoms. The highest BCUT2D eigenvalue weighted by Gasteiger charge is 2.25. The van der Waals surface area contributed by atoms with Crippen LogP contribution in [0.4, 0.5) is 0 Å². The number of esters is 1. The van der Waals surface area contributed by atoms with Crippen molar-refractivity contribution in [2.75, 3.05) is 33.0 Å². The molecule has 0 aromatic rings. The van der Waals surface area contributed by atoms with Crippen molar-refractivity contribution in [3.63, 3.8) is 0 Å². The van der Waals surface area contributed by atoms with Gasteiger partial charge < -0.3 is 20.1 Å². The number of phosphoric ester groups is 1. The van der Waals surface area contributed by atoms with Gasteiger partial charge in [0.15, 0.2) is 0 Å². The van der Waals surface area contributed by atoms with E-state index in [1.54, 1.807) is 0 Å². The lowest BCUT2D eigenvalue weighted by atomic mass is 10.1. The van der Waals surface area contributed by atoms with Crippen molar-refractivity contribution in [2.24, 2.45) is 5.73 Å². The third-order valence-electron chi connectivity index (χ3n) is 6.43. The zero-order valence-corrected chi connectivity index (χ0v) is 26.0. The van der Waals surface area contributed by atoms with Crippen molar-refractivity contribution in [3.8, 4) is 0 Å². The van der Waals surface area contributed by atoms with Crippen LogP contribution in [0.5, 0.6) is 0 Å². The van der Waals surface area contributed by atoms with Crippen molar-refractivity contribution in [1.82, 2.24) is 0 Å². The number of nitrogens with two attached hydrogens (primary N) is 1. The van der Waals surface area contributed by atoms with E-state index in [4.69, 9.17) is 24.3 Å². The van der Waals surface area contributed by atoms with Gasteiger partial charge in [0.05, 0.1) is 19.8 Å². The molecule has 3 N–H and O–H groups in total. The number of allylic oxidation sites excluding steroid dienone is 2. The Bertz CT molecular complexity index is 618. The van der Waals surface area contributed by atoms with Crippen LogP contribution < -0.4 is 5.73 Å². The SMILES string of the molecule is CCCCC/C=C\CCCCCCCC(=O)OC(COCCCCCCCCCC)COP(=O)(O)OCCN. The highest BCUT2D eigenvalue weighted by atomic mass is 31.2. The summed E-state index contributed by atoms with van der Waals surface area (Å²) >= 11 is 0. The van der Waals surface area contributed by atoms with Gasteiger partial charge >= 0.3 is 13.8 Å². The van der Waals surface area contributed by atoms with Crippen molar-refractivity contribution >= 4 is 13.8 Å². The molecule has 8 nitrogen and oxygen atoms in total. The molecule has 0 aliphatic carbocycles. The van der Waals surface area contributed by atoms with Crippen LogP contribution in [0.3, 0.4) is 0 Å². The largest absolute Gasteiger partial charge is 0.472 e. The van der Waals surface area contributed by atoms with Crippen molar-refractivity contribution < 1.29 is 32.8 Å². The molecule has 0 rings (SSSR count). The fourth-order valence-corrected chi connectivity index (χ4v) is 4.87. The summed E-state index contributed by atoms with van der Waals surface area (Å²) in [6.45, 7) is 4.85. The number of rotatable bonds is 30. The van der Waals surface area contributed by atoms with Crippen LogP contribution in [0.25, 0.3) is 0 Å². The minimum atomic E-state index is -4.25. The smallest absolute Gasteiger partial charge is 0.457 e. The Hall–Kier alpha value is -0.760. The number of hydrogen-bond donors (Lipinski definition) is 2. The molecule has 0 aliphatic heterocycles. The van der Waals surface area contributed by atoms with Crippen LogP contribution in [-0.4, -0.2) is 49.9 Å². The van der Waals surface area contributed by atoms with Crippen molar-refractivity contribution in [1.29, 1.82) is 0 Å². The molecule has 39 heavy (non-hydrogen) atoms. The first-order valence-corrected chi connectivity index (χ1v) is 17.2. The van der Waals surface area contributed by atoms with Gasteiger partial charge in [0.1, 0.15) is 6.10 Å². The summed E-state index contributed by atoms with van der Waals surface area (Å²) in [7, 11) is -4.25. The average Bonchev–Trinajstić information content (AvgIpc) is 2.92. The number of phosphoric acid groups is 1. The van der Waals surface area contributed by atoms with E-state index in [2.05, 4.69) is 26.0 Å². The first-order chi connectivity index (χ1) is 18.9. The lowest BCUT2D eigenvalue weighted by Crippen LogP contribution is -2.28. The lowest BCUT2D eigenvalue weighted by molar-refractivity contribution is -0.154. The molecule has 0 aromatic carbocycles. The third-order valence-corrected chi connectivity index (χ3v) is 7.42. The van der Waals surface area contributed by atoms with E-state index < -0.39 is 13.9 Å². The van der Waals surface area contributed by atoms with Crippen LogP contribution in [-0.2, 0) is 27.9 Å². The van der Waals surface area contributed by atoms with Crippen LogP contribution in [0.15, 0.2) is 12.2 Å². The highest BCUT2D eigenvalue weighted by molar-refractivity contribution is 7.47. The minimum Gasteiger partial charge on any atom is -0.457 e. The molecule has 0 bridgehead atoms. The number of carbonyl (C=O) groups excluding carboxylic acids is 1. The lowest BCUT2D eigenvalue weighted by Gasteiger charge is -2.20. The fraction of sp³-hybridized carbons (Fsp3) is 0.900. The topological polar surface area (TPSA) is 117 Å². The molecule has 2 atom stereocenters. The molecule has 0 heterocycles. The molecule has 0 fully saturated rings. The zero-order chi connectivity index (χ0) is 28.9. The zero-order valence-electron chi connectivity index (χ0n) is 25.1. The van der Waals surface area contributed by atoms with Crippen LogP contribution in [0, 0.1) is 0 Å². The number of carbonyl (C=O) groups is 1. The summed E-state index contributed by atoms with van der Waals surface area (Å²) in [6.07, 6.45) is 25.1. The van der Waals surface area contributed by atoms with Crippen LogP contribution in [0.1, 0.15) is 136 Å². The first kappa shape index (κ1) is 38.2. The Morgan fingerprint density at radius 3 is 1.92 bits per heavy atom. The van der Waals surface area contributed by atoms with Gasteiger partial charge in [-0.3, -0.25) is 13.8 Å². The number of unbranched alkanes of at least 4 members (excludes halogenated alkanes) is 15. The van der Waals surface area contributed by atoms with Gasteiger partial charge in [-0.05, 0) is 38.5 Å². The summed E-state index contributed by atoms with van der Waals surface area (Å²) in [5.41, 5.74) is 5.32. The van der Waals surface area contributed by atoms with E-state index in [1.165, 1.54) is 70.6 Å². The van der Waals surface area contributed by atoms with E-state index >= 15 is 0 Å². The van der Waals surface area contributed by atoms with Gasteiger partial charge in [-0.15, -0.1) is 0 Å². The maximum absolute atomic E-state index is 12.4. The summed E-state index contributed by atoms with van der Waals surface area (Å²) in [4.78, 5) is 22.2. The van der Waals surface area contributed by atoms with E-state index in [-0.39, 0.29) is 32.3 Å². The standard InChI is InChI=1S/C30H60NO7P/c1-3-5-7-9-11-13-14-15-16-17-19-21-23-30(32)38-29(28-37-39(33,34)36-26-24-31)27-35-25-22-20-18-12-10-8-6-4-2/h11,13,29H,3-10,12,14-28,31H2,1-2H3,(H,33,34)/b13-11-. The molecule has 2 unspecified atom stereocenters. The predicted octanol–water partition coefficient (Wildman–Crippen LogP) is 8.02. The molecule has 232 valence electrons. The Kier molecular flexibility index (Phi) is 28.2. The quantitative estimate of drug-likeness (QED) is 0.0381. The number of hydrogen-bond acceptors (Lipinski definition) is 7. The first-order valence-electron chi connectivity index (χ1n) is 15.7.